The predicted molar refractivity (Wildman–Crippen MR) is 104 cm³/mol. The van der Waals surface area contributed by atoms with Crippen molar-refractivity contribution < 1.29 is 17.9 Å². The summed E-state index contributed by atoms with van der Waals surface area (Å²) in [5, 5.41) is 3.60. The Kier molecular flexibility index (Phi) is 6.01. The molecule has 2 atom stereocenters. The number of halogens is 3. The van der Waals surface area contributed by atoms with Crippen LogP contribution in [0.15, 0.2) is 54.6 Å². The van der Waals surface area contributed by atoms with E-state index in [1.54, 1.807) is 12.1 Å². The number of rotatable bonds is 4. The fourth-order valence-corrected chi connectivity index (χ4v) is 3.69. The van der Waals surface area contributed by atoms with Gasteiger partial charge < -0.3 is 10.1 Å². The lowest BCUT2D eigenvalue weighted by Crippen LogP contribution is -2.56. The van der Waals surface area contributed by atoms with Crippen molar-refractivity contribution >= 4 is 0 Å². The van der Waals surface area contributed by atoms with Gasteiger partial charge >= 0.3 is 6.36 Å². The van der Waals surface area contributed by atoms with Crippen molar-refractivity contribution in [3.63, 3.8) is 0 Å². The quantitative estimate of drug-likeness (QED) is 0.793. The SMILES string of the molecule is CC(C)(C)[C@H]1CN(C(c2ccccc2)c2ccc(OC(F)(F)F)cc2)CCN1. The second-order valence-electron chi connectivity index (χ2n) is 8.30. The molecule has 1 N–H and O–H groups in total. The van der Waals surface area contributed by atoms with Crippen molar-refractivity contribution in [2.45, 2.75) is 39.2 Å². The minimum absolute atomic E-state index is 0.0203. The molecular weight excluding hydrogens is 365 g/mol. The van der Waals surface area contributed by atoms with E-state index in [1.807, 2.05) is 18.2 Å². The standard InChI is InChI=1S/C22H27F3N2O/c1-21(2,3)19-15-27(14-13-26-19)20(16-7-5-4-6-8-16)17-9-11-18(12-10-17)28-22(23,24)25/h4-12,19-20,26H,13-15H2,1-3H3/t19-,20?/m1/s1. The molecule has 0 spiro atoms. The van der Waals surface area contributed by atoms with Crippen molar-refractivity contribution in [2.75, 3.05) is 19.6 Å². The van der Waals surface area contributed by atoms with Crippen LogP contribution in [0, 0.1) is 5.41 Å². The van der Waals surface area contributed by atoms with E-state index in [-0.39, 0.29) is 17.2 Å². The zero-order chi connectivity index (χ0) is 20.4. The molecule has 0 aromatic heterocycles. The van der Waals surface area contributed by atoms with E-state index >= 15 is 0 Å². The number of ether oxygens (including phenoxy) is 1. The average molecular weight is 392 g/mol. The van der Waals surface area contributed by atoms with Gasteiger partial charge in [-0.2, -0.15) is 0 Å². The van der Waals surface area contributed by atoms with Gasteiger partial charge in [0.1, 0.15) is 5.75 Å². The summed E-state index contributed by atoms with van der Waals surface area (Å²) in [6.07, 6.45) is -4.68. The fraction of sp³-hybridized carbons (Fsp3) is 0.455. The fourth-order valence-electron chi connectivity index (χ4n) is 3.69. The van der Waals surface area contributed by atoms with Gasteiger partial charge in [0.2, 0.25) is 0 Å². The highest BCUT2D eigenvalue weighted by Crippen LogP contribution is 2.33. The summed E-state index contributed by atoms with van der Waals surface area (Å²) in [6, 6.07) is 16.6. The number of benzene rings is 2. The van der Waals surface area contributed by atoms with Gasteiger partial charge in [0.25, 0.3) is 0 Å². The maximum Gasteiger partial charge on any atom is 0.573 e. The summed E-state index contributed by atoms with van der Waals surface area (Å²) < 4.78 is 41.4. The Morgan fingerprint density at radius 2 is 1.57 bits per heavy atom. The average Bonchev–Trinajstić information content (AvgIpc) is 2.63. The van der Waals surface area contributed by atoms with Crippen LogP contribution in [0.3, 0.4) is 0 Å². The molecule has 3 nitrogen and oxygen atoms in total. The first kappa shape index (κ1) is 20.7. The number of hydrogen-bond donors (Lipinski definition) is 1. The largest absolute Gasteiger partial charge is 0.573 e. The third-order valence-electron chi connectivity index (χ3n) is 5.16. The van der Waals surface area contributed by atoms with Gasteiger partial charge in [-0.25, -0.2) is 0 Å². The maximum absolute atomic E-state index is 12.5. The van der Waals surface area contributed by atoms with Crippen LogP contribution in [-0.2, 0) is 0 Å². The Balaban J connectivity index is 1.90. The molecule has 0 aliphatic carbocycles. The molecule has 0 radical (unpaired) electrons. The highest BCUT2D eigenvalue weighted by molar-refractivity contribution is 5.36. The molecule has 2 aromatic rings. The Morgan fingerprint density at radius 3 is 2.14 bits per heavy atom. The molecule has 1 heterocycles. The number of hydrogen-bond acceptors (Lipinski definition) is 3. The Hall–Kier alpha value is -2.05. The van der Waals surface area contributed by atoms with E-state index in [1.165, 1.54) is 12.1 Å². The Bertz CT molecular complexity index is 754. The van der Waals surface area contributed by atoms with E-state index < -0.39 is 6.36 Å². The molecule has 3 rings (SSSR count). The molecule has 1 aliphatic heterocycles. The highest BCUT2D eigenvalue weighted by Gasteiger charge is 2.34. The smallest absolute Gasteiger partial charge is 0.406 e. The Morgan fingerprint density at radius 1 is 0.964 bits per heavy atom. The summed E-state index contributed by atoms with van der Waals surface area (Å²) in [4.78, 5) is 2.40. The van der Waals surface area contributed by atoms with Crippen molar-refractivity contribution in [3.8, 4) is 5.75 Å². The first-order chi connectivity index (χ1) is 13.1. The molecule has 0 amide bonds. The van der Waals surface area contributed by atoms with Gasteiger partial charge in [-0.15, -0.1) is 13.2 Å². The molecule has 152 valence electrons. The van der Waals surface area contributed by atoms with Crippen LogP contribution in [0.2, 0.25) is 0 Å². The zero-order valence-electron chi connectivity index (χ0n) is 16.5. The van der Waals surface area contributed by atoms with Gasteiger partial charge in [0, 0.05) is 25.7 Å². The summed E-state index contributed by atoms with van der Waals surface area (Å²) in [5.41, 5.74) is 2.20. The molecule has 1 unspecified atom stereocenters. The van der Waals surface area contributed by atoms with Crippen LogP contribution >= 0.6 is 0 Å². The summed E-state index contributed by atoms with van der Waals surface area (Å²) >= 11 is 0. The zero-order valence-corrected chi connectivity index (χ0v) is 16.5. The van der Waals surface area contributed by atoms with Gasteiger partial charge in [-0.3, -0.25) is 4.90 Å². The second kappa shape index (κ2) is 8.13. The minimum Gasteiger partial charge on any atom is -0.406 e. The minimum atomic E-state index is -4.68. The molecule has 0 saturated carbocycles. The van der Waals surface area contributed by atoms with Crippen molar-refractivity contribution in [1.82, 2.24) is 10.2 Å². The molecule has 0 bridgehead atoms. The van der Waals surface area contributed by atoms with E-state index in [0.29, 0.717) is 6.04 Å². The molecule has 1 fully saturated rings. The van der Waals surface area contributed by atoms with E-state index in [0.717, 1.165) is 30.8 Å². The molecule has 6 heteroatoms. The third kappa shape index (κ3) is 5.26. The summed E-state index contributed by atoms with van der Waals surface area (Å²) in [6.45, 7) is 9.26. The van der Waals surface area contributed by atoms with Crippen LogP contribution in [0.25, 0.3) is 0 Å². The molecule has 1 aliphatic rings. The lowest BCUT2D eigenvalue weighted by Gasteiger charge is -2.44. The van der Waals surface area contributed by atoms with Crippen LogP contribution < -0.4 is 10.1 Å². The van der Waals surface area contributed by atoms with Crippen molar-refractivity contribution in [3.05, 3.63) is 65.7 Å². The van der Waals surface area contributed by atoms with E-state index in [4.69, 9.17) is 0 Å². The summed E-state index contributed by atoms with van der Waals surface area (Å²) in [5.74, 6) is -0.198. The predicted octanol–water partition coefficient (Wildman–Crippen LogP) is 4.99. The van der Waals surface area contributed by atoms with Crippen LogP contribution in [-0.4, -0.2) is 36.9 Å². The number of piperazine rings is 1. The third-order valence-corrected chi connectivity index (χ3v) is 5.16. The van der Waals surface area contributed by atoms with Crippen molar-refractivity contribution in [2.24, 2.45) is 5.41 Å². The summed E-state index contributed by atoms with van der Waals surface area (Å²) in [7, 11) is 0. The maximum atomic E-state index is 12.5. The number of nitrogens with one attached hydrogen (secondary N) is 1. The van der Waals surface area contributed by atoms with Crippen LogP contribution in [0.1, 0.15) is 37.9 Å². The molecular formula is C22H27F3N2O. The first-order valence-electron chi connectivity index (χ1n) is 9.51. The lowest BCUT2D eigenvalue weighted by atomic mass is 9.84. The van der Waals surface area contributed by atoms with Gasteiger partial charge in [0.15, 0.2) is 0 Å². The van der Waals surface area contributed by atoms with E-state index in [9.17, 15) is 13.2 Å². The van der Waals surface area contributed by atoms with Crippen LogP contribution in [0.5, 0.6) is 5.75 Å². The topological polar surface area (TPSA) is 24.5 Å². The normalized spacial score (nSPS) is 20.0. The van der Waals surface area contributed by atoms with Gasteiger partial charge in [-0.05, 0) is 28.7 Å². The number of nitrogens with zero attached hydrogens (tertiary/aromatic N) is 1. The van der Waals surface area contributed by atoms with Crippen LogP contribution in [0.4, 0.5) is 13.2 Å². The second-order valence-corrected chi connectivity index (χ2v) is 8.30. The molecule has 28 heavy (non-hydrogen) atoms. The monoisotopic (exact) mass is 392 g/mol. The van der Waals surface area contributed by atoms with Gasteiger partial charge in [0.05, 0.1) is 6.04 Å². The van der Waals surface area contributed by atoms with Crippen molar-refractivity contribution in [1.29, 1.82) is 0 Å². The first-order valence-corrected chi connectivity index (χ1v) is 9.51. The lowest BCUT2D eigenvalue weighted by molar-refractivity contribution is -0.274. The van der Waals surface area contributed by atoms with Gasteiger partial charge in [-0.1, -0.05) is 63.2 Å². The van der Waals surface area contributed by atoms with E-state index in [2.05, 4.69) is 47.9 Å². The number of alkyl halides is 3. The Labute approximate surface area is 164 Å². The molecule has 1 saturated heterocycles. The highest BCUT2D eigenvalue weighted by atomic mass is 19.4. The molecule has 2 aromatic carbocycles.